The summed E-state index contributed by atoms with van der Waals surface area (Å²) >= 11 is 0. The summed E-state index contributed by atoms with van der Waals surface area (Å²) in [6, 6.07) is 11.1. The average Bonchev–Trinajstić information content (AvgIpc) is 3.15. The summed E-state index contributed by atoms with van der Waals surface area (Å²) in [5.74, 6) is -1.50. The number of ether oxygens (including phenoxy) is 2. The van der Waals surface area contributed by atoms with Gasteiger partial charge in [0.05, 0.1) is 31.0 Å². The number of para-hydroxylation sites is 1. The van der Waals surface area contributed by atoms with Crippen LogP contribution < -0.4 is 14.2 Å². The zero-order chi connectivity index (χ0) is 20.3. The summed E-state index contributed by atoms with van der Waals surface area (Å²) in [6.45, 7) is 0. The second-order valence-electron chi connectivity index (χ2n) is 5.47. The standard InChI is InChI=1S/C17H16N4O6S/c1-26-14-9-12(8-13(17(22)23)16(14)27-2)28(24,25)20-15-10-18-21(19-15)11-6-4-3-5-7-11/h3-10H,1-2H3,(H,19,20)(H,22,23). The lowest BCUT2D eigenvalue weighted by atomic mass is 10.2. The molecule has 28 heavy (non-hydrogen) atoms. The average molecular weight is 404 g/mol. The lowest BCUT2D eigenvalue weighted by Crippen LogP contribution is -2.15. The van der Waals surface area contributed by atoms with Gasteiger partial charge < -0.3 is 14.6 Å². The molecular weight excluding hydrogens is 388 g/mol. The van der Waals surface area contributed by atoms with Gasteiger partial charge in [-0.15, -0.1) is 9.90 Å². The van der Waals surface area contributed by atoms with Crippen LogP contribution >= 0.6 is 0 Å². The molecule has 0 unspecified atom stereocenters. The molecular formula is C17H16N4O6S. The van der Waals surface area contributed by atoms with Gasteiger partial charge in [0.25, 0.3) is 10.0 Å². The maximum atomic E-state index is 12.7. The van der Waals surface area contributed by atoms with Crippen molar-refractivity contribution in [2.24, 2.45) is 0 Å². The third-order valence-corrected chi connectivity index (χ3v) is 5.05. The van der Waals surface area contributed by atoms with E-state index in [1.165, 1.54) is 25.2 Å². The zero-order valence-electron chi connectivity index (χ0n) is 14.9. The molecule has 0 aliphatic heterocycles. The van der Waals surface area contributed by atoms with E-state index in [9.17, 15) is 18.3 Å². The van der Waals surface area contributed by atoms with Crippen LogP contribution in [0.1, 0.15) is 10.4 Å². The molecule has 0 radical (unpaired) electrons. The molecule has 146 valence electrons. The molecule has 0 saturated heterocycles. The van der Waals surface area contributed by atoms with Crippen LogP contribution in [0.2, 0.25) is 0 Å². The largest absolute Gasteiger partial charge is 0.493 e. The van der Waals surface area contributed by atoms with Crippen LogP contribution in [-0.2, 0) is 10.0 Å². The van der Waals surface area contributed by atoms with Crippen LogP contribution in [-0.4, -0.2) is 48.7 Å². The molecule has 0 aliphatic rings. The number of aromatic nitrogens is 3. The van der Waals surface area contributed by atoms with Gasteiger partial charge in [0.15, 0.2) is 17.3 Å². The van der Waals surface area contributed by atoms with Gasteiger partial charge in [-0.1, -0.05) is 18.2 Å². The Labute approximate surface area is 160 Å². The van der Waals surface area contributed by atoms with Crippen LogP contribution in [0.5, 0.6) is 11.5 Å². The Hall–Kier alpha value is -3.60. The Kier molecular flexibility index (Phi) is 5.18. The van der Waals surface area contributed by atoms with Crippen LogP contribution in [0.15, 0.2) is 53.6 Å². The van der Waals surface area contributed by atoms with Crippen molar-refractivity contribution in [3.63, 3.8) is 0 Å². The Morgan fingerprint density at radius 2 is 1.86 bits per heavy atom. The van der Waals surface area contributed by atoms with E-state index in [-0.39, 0.29) is 27.8 Å². The van der Waals surface area contributed by atoms with E-state index in [4.69, 9.17) is 9.47 Å². The van der Waals surface area contributed by atoms with Gasteiger partial charge in [-0.3, -0.25) is 4.72 Å². The van der Waals surface area contributed by atoms with E-state index in [0.717, 1.165) is 12.1 Å². The maximum absolute atomic E-state index is 12.7. The summed E-state index contributed by atoms with van der Waals surface area (Å²) in [6.07, 6.45) is 1.24. The molecule has 3 rings (SSSR count). The van der Waals surface area contributed by atoms with Crippen LogP contribution in [0.3, 0.4) is 0 Å². The van der Waals surface area contributed by atoms with E-state index in [1.807, 2.05) is 6.07 Å². The molecule has 0 aliphatic carbocycles. The molecule has 3 aromatic rings. The van der Waals surface area contributed by atoms with Crippen LogP contribution in [0.25, 0.3) is 5.69 Å². The van der Waals surface area contributed by atoms with Crippen molar-refractivity contribution >= 4 is 21.8 Å². The van der Waals surface area contributed by atoms with Crippen LogP contribution in [0, 0.1) is 0 Å². The molecule has 1 aromatic heterocycles. The number of methoxy groups -OCH3 is 2. The number of hydrogen-bond donors (Lipinski definition) is 2. The van der Waals surface area contributed by atoms with Crippen molar-refractivity contribution in [2.75, 3.05) is 18.9 Å². The van der Waals surface area contributed by atoms with Crippen molar-refractivity contribution in [1.29, 1.82) is 0 Å². The molecule has 0 fully saturated rings. The van der Waals surface area contributed by atoms with Crippen molar-refractivity contribution in [1.82, 2.24) is 15.0 Å². The monoisotopic (exact) mass is 404 g/mol. The fourth-order valence-corrected chi connectivity index (χ4v) is 3.47. The molecule has 2 aromatic carbocycles. The highest BCUT2D eigenvalue weighted by molar-refractivity contribution is 7.92. The minimum Gasteiger partial charge on any atom is -0.493 e. The number of hydrogen-bond acceptors (Lipinski definition) is 7. The number of rotatable bonds is 7. The molecule has 11 heteroatoms. The minimum absolute atomic E-state index is 0.0317. The van der Waals surface area contributed by atoms with E-state index < -0.39 is 16.0 Å². The van der Waals surface area contributed by atoms with Gasteiger partial charge in [-0.2, -0.15) is 5.10 Å². The van der Waals surface area contributed by atoms with Gasteiger partial charge >= 0.3 is 5.97 Å². The second kappa shape index (κ2) is 7.56. The number of carboxylic acids is 1. The number of benzene rings is 2. The Morgan fingerprint density at radius 3 is 2.46 bits per heavy atom. The molecule has 10 nitrogen and oxygen atoms in total. The van der Waals surface area contributed by atoms with Gasteiger partial charge in [0.2, 0.25) is 0 Å². The first-order chi connectivity index (χ1) is 13.4. The number of carboxylic acid groups (broad SMARTS) is 1. The second-order valence-corrected chi connectivity index (χ2v) is 7.15. The first-order valence-electron chi connectivity index (χ1n) is 7.85. The normalized spacial score (nSPS) is 11.1. The molecule has 0 amide bonds. The first kappa shape index (κ1) is 19.2. The van der Waals surface area contributed by atoms with Crippen molar-refractivity contribution in [3.05, 3.63) is 54.2 Å². The molecule has 0 spiro atoms. The summed E-state index contributed by atoms with van der Waals surface area (Å²) in [7, 11) is -1.62. The SMILES string of the molecule is COc1cc(S(=O)(=O)Nc2cnn(-c3ccccc3)n2)cc(C(=O)O)c1OC. The van der Waals surface area contributed by atoms with Crippen LogP contribution in [0.4, 0.5) is 5.82 Å². The Morgan fingerprint density at radius 1 is 1.14 bits per heavy atom. The molecule has 0 saturated carbocycles. The lowest BCUT2D eigenvalue weighted by Gasteiger charge is -2.13. The summed E-state index contributed by atoms with van der Waals surface area (Å²) in [5.41, 5.74) is 0.294. The number of carbonyl (C=O) groups is 1. The highest BCUT2D eigenvalue weighted by Gasteiger charge is 2.24. The van der Waals surface area contributed by atoms with Gasteiger partial charge in [-0.25, -0.2) is 13.2 Å². The fraction of sp³-hybridized carbons (Fsp3) is 0.118. The highest BCUT2D eigenvalue weighted by Crippen LogP contribution is 2.34. The van der Waals surface area contributed by atoms with Crippen molar-refractivity contribution in [3.8, 4) is 17.2 Å². The zero-order valence-corrected chi connectivity index (χ0v) is 15.7. The van der Waals surface area contributed by atoms with Gasteiger partial charge in [-0.05, 0) is 18.2 Å². The summed E-state index contributed by atoms with van der Waals surface area (Å²) < 4.78 is 37.8. The third kappa shape index (κ3) is 3.74. The Bertz CT molecular complexity index is 1110. The molecule has 1 heterocycles. The number of sulfonamides is 1. The number of aromatic carboxylic acids is 1. The van der Waals surface area contributed by atoms with E-state index >= 15 is 0 Å². The summed E-state index contributed by atoms with van der Waals surface area (Å²) in [5, 5.41) is 17.4. The summed E-state index contributed by atoms with van der Waals surface area (Å²) in [4.78, 5) is 12.4. The smallest absolute Gasteiger partial charge is 0.339 e. The maximum Gasteiger partial charge on any atom is 0.339 e. The predicted octanol–water partition coefficient (Wildman–Crippen LogP) is 1.78. The molecule has 0 bridgehead atoms. The van der Waals surface area contributed by atoms with Gasteiger partial charge in [0.1, 0.15) is 5.56 Å². The van der Waals surface area contributed by atoms with Crippen molar-refractivity contribution < 1.29 is 27.8 Å². The minimum atomic E-state index is -4.16. The van der Waals surface area contributed by atoms with E-state index in [2.05, 4.69) is 14.9 Å². The lowest BCUT2D eigenvalue weighted by molar-refractivity contribution is 0.0692. The van der Waals surface area contributed by atoms with Crippen molar-refractivity contribution in [2.45, 2.75) is 4.90 Å². The quantitative estimate of drug-likeness (QED) is 0.609. The number of nitrogens with one attached hydrogen (secondary N) is 1. The number of nitrogens with zero attached hydrogens (tertiary/aromatic N) is 3. The predicted molar refractivity (Wildman–Crippen MR) is 98.7 cm³/mol. The van der Waals surface area contributed by atoms with Gasteiger partial charge in [0, 0.05) is 6.07 Å². The molecule has 2 N–H and O–H groups in total. The van der Waals surface area contributed by atoms with E-state index in [0.29, 0.717) is 5.69 Å². The highest BCUT2D eigenvalue weighted by atomic mass is 32.2. The third-order valence-electron chi connectivity index (χ3n) is 3.71. The number of anilines is 1. The Balaban J connectivity index is 1.96. The fourth-order valence-electron chi connectivity index (χ4n) is 2.45. The van der Waals surface area contributed by atoms with E-state index in [1.54, 1.807) is 24.3 Å². The first-order valence-corrected chi connectivity index (χ1v) is 9.34. The topological polar surface area (TPSA) is 133 Å². The molecule has 0 atom stereocenters.